The Hall–Kier alpha value is -1.19. The Labute approximate surface area is 65.2 Å². The van der Waals surface area contributed by atoms with E-state index in [-0.39, 0.29) is 0 Å². The first-order chi connectivity index (χ1) is 5.25. The molecule has 4 N–H and O–H groups in total. The van der Waals surface area contributed by atoms with Crippen molar-refractivity contribution >= 4 is 11.6 Å². The molecule has 2 rings (SSSR count). The van der Waals surface area contributed by atoms with E-state index in [1.807, 2.05) is 6.92 Å². The summed E-state index contributed by atoms with van der Waals surface area (Å²) in [5, 5.41) is 3.24. The average Bonchev–Trinajstić information content (AvgIpc) is 2.64. The van der Waals surface area contributed by atoms with Gasteiger partial charge in [0.05, 0.1) is 0 Å². The molecule has 1 saturated carbocycles. The van der Waals surface area contributed by atoms with Crippen LogP contribution in [0.15, 0.2) is 0 Å². The third kappa shape index (κ3) is 1.29. The number of imidazole rings is 1. The Kier molecular flexibility index (Phi) is 1.27. The van der Waals surface area contributed by atoms with Gasteiger partial charge < -0.3 is 16.0 Å². The van der Waals surface area contributed by atoms with Crippen LogP contribution in [0.2, 0.25) is 0 Å². The molecule has 1 fully saturated rings. The lowest BCUT2D eigenvalue weighted by atomic mass is 10.6. The molecule has 0 spiro atoms. The molecule has 0 aliphatic heterocycles. The van der Waals surface area contributed by atoms with E-state index in [1.165, 1.54) is 12.8 Å². The van der Waals surface area contributed by atoms with Gasteiger partial charge in [0.1, 0.15) is 11.6 Å². The summed E-state index contributed by atoms with van der Waals surface area (Å²) in [7, 11) is 0. The van der Waals surface area contributed by atoms with Gasteiger partial charge in [0.15, 0.2) is 5.82 Å². The maximum Gasteiger partial charge on any atom is 0.168 e. The zero-order valence-electron chi connectivity index (χ0n) is 6.52. The molecule has 1 heterocycles. The van der Waals surface area contributed by atoms with Crippen molar-refractivity contribution in [2.24, 2.45) is 0 Å². The number of aryl methyl sites for hydroxylation is 1. The van der Waals surface area contributed by atoms with Gasteiger partial charge in [-0.05, 0) is 19.8 Å². The van der Waals surface area contributed by atoms with Crippen LogP contribution in [0.3, 0.4) is 0 Å². The molecule has 0 saturated heterocycles. The van der Waals surface area contributed by atoms with Crippen LogP contribution in [-0.2, 0) is 0 Å². The van der Waals surface area contributed by atoms with Crippen LogP contribution < -0.4 is 11.1 Å². The smallest absolute Gasteiger partial charge is 0.168 e. The number of hydrogen-bond donors (Lipinski definition) is 3. The molecule has 0 aromatic carbocycles. The number of hydrogen-bond acceptors (Lipinski definition) is 3. The number of nitrogens with one attached hydrogen (secondary N) is 2. The maximum absolute atomic E-state index is 5.64. The summed E-state index contributed by atoms with van der Waals surface area (Å²) < 4.78 is 0. The van der Waals surface area contributed by atoms with E-state index in [4.69, 9.17) is 5.73 Å². The first kappa shape index (κ1) is 6.52. The van der Waals surface area contributed by atoms with Gasteiger partial charge in [-0.15, -0.1) is 0 Å². The van der Waals surface area contributed by atoms with Gasteiger partial charge >= 0.3 is 0 Å². The number of aromatic amines is 1. The Morgan fingerprint density at radius 2 is 2.36 bits per heavy atom. The summed E-state index contributed by atoms with van der Waals surface area (Å²) in [6.45, 7) is 1.90. The molecule has 4 nitrogen and oxygen atoms in total. The fourth-order valence-electron chi connectivity index (χ4n) is 1.04. The lowest BCUT2D eigenvalue weighted by Gasteiger charge is -1.98. The van der Waals surface area contributed by atoms with E-state index >= 15 is 0 Å². The predicted molar refractivity (Wildman–Crippen MR) is 44.4 cm³/mol. The largest absolute Gasteiger partial charge is 0.382 e. The molecular weight excluding hydrogens is 140 g/mol. The van der Waals surface area contributed by atoms with E-state index in [0.29, 0.717) is 11.9 Å². The fraction of sp³-hybridized carbons (Fsp3) is 0.571. The first-order valence-electron chi connectivity index (χ1n) is 3.84. The molecule has 0 radical (unpaired) electrons. The van der Waals surface area contributed by atoms with Crippen LogP contribution >= 0.6 is 0 Å². The lowest BCUT2D eigenvalue weighted by Crippen LogP contribution is -2.03. The van der Waals surface area contributed by atoms with Gasteiger partial charge in [-0.2, -0.15) is 0 Å². The molecule has 4 heteroatoms. The second kappa shape index (κ2) is 2.15. The number of nitrogens with two attached hydrogens (primary N) is 1. The standard InChI is InChI=1S/C7H12N4/c1-4-9-6(8)7(10-4)11-5-2-3-5/h5,11H,2-3,8H2,1H3,(H,9,10). The summed E-state index contributed by atoms with van der Waals surface area (Å²) >= 11 is 0. The monoisotopic (exact) mass is 152 g/mol. The highest BCUT2D eigenvalue weighted by Gasteiger charge is 2.22. The third-order valence-electron chi connectivity index (χ3n) is 1.77. The SMILES string of the molecule is Cc1nc(NC2CC2)c(N)[nH]1. The van der Waals surface area contributed by atoms with Crippen molar-refractivity contribution < 1.29 is 0 Å². The summed E-state index contributed by atoms with van der Waals surface area (Å²) in [5.41, 5.74) is 5.64. The Morgan fingerprint density at radius 3 is 2.82 bits per heavy atom. The second-order valence-corrected chi connectivity index (χ2v) is 3.00. The number of rotatable bonds is 2. The van der Waals surface area contributed by atoms with E-state index in [1.54, 1.807) is 0 Å². The number of H-pyrrole nitrogens is 1. The van der Waals surface area contributed by atoms with Crippen molar-refractivity contribution in [1.29, 1.82) is 0 Å². The number of aromatic nitrogens is 2. The number of anilines is 2. The molecule has 0 atom stereocenters. The minimum absolute atomic E-state index is 0.611. The molecule has 60 valence electrons. The quantitative estimate of drug-likeness (QED) is 0.589. The van der Waals surface area contributed by atoms with Crippen molar-refractivity contribution in [1.82, 2.24) is 9.97 Å². The minimum atomic E-state index is 0.611. The Balaban J connectivity index is 2.14. The lowest BCUT2D eigenvalue weighted by molar-refractivity contribution is 1.10. The first-order valence-corrected chi connectivity index (χ1v) is 3.84. The van der Waals surface area contributed by atoms with E-state index in [2.05, 4.69) is 15.3 Å². The van der Waals surface area contributed by atoms with Crippen LogP contribution in [0.4, 0.5) is 11.6 Å². The van der Waals surface area contributed by atoms with Gasteiger partial charge in [-0.1, -0.05) is 0 Å². The second-order valence-electron chi connectivity index (χ2n) is 3.00. The van der Waals surface area contributed by atoms with Gasteiger partial charge in [0.2, 0.25) is 0 Å². The average molecular weight is 152 g/mol. The van der Waals surface area contributed by atoms with Crippen molar-refractivity contribution in [2.45, 2.75) is 25.8 Å². The van der Waals surface area contributed by atoms with Crippen LogP contribution in [0, 0.1) is 6.92 Å². The van der Waals surface area contributed by atoms with Crippen molar-refractivity contribution in [2.75, 3.05) is 11.1 Å². The zero-order chi connectivity index (χ0) is 7.84. The van der Waals surface area contributed by atoms with E-state index in [9.17, 15) is 0 Å². The normalized spacial score (nSPS) is 16.8. The molecule has 0 unspecified atom stereocenters. The summed E-state index contributed by atoms with van der Waals surface area (Å²) in [4.78, 5) is 7.14. The molecule has 0 amide bonds. The van der Waals surface area contributed by atoms with Gasteiger partial charge in [-0.25, -0.2) is 4.98 Å². The topological polar surface area (TPSA) is 66.7 Å². The van der Waals surface area contributed by atoms with Gasteiger partial charge in [0.25, 0.3) is 0 Å². The van der Waals surface area contributed by atoms with E-state index < -0.39 is 0 Å². The minimum Gasteiger partial charge on any atom is -0.382 e. The maximum atomic E-state index is 5.64. The molecule has 1 aromatic heterocycles. The van der Waals surface area contributed by atoms with Crippen LogP contribution in [0.1, 0.15) is 18.7 Å². The number of nitrogen functional groups attached to an aromatic ring is 1. The van der Waals surface area contributed by atoms with Crippen molar-refractivity contribution in [3.8, 4) is 0 Å². The molecular formula is C7H12N4. The molecule has 1 aromatic rings. The van der Waals surface area contributed by atoms with Crippen LogP contribution in [0.5, 0.6) is 0 Å². The van der Waals surface area contributed by atoms with Gasteiger partial charge in [0, 0.05) is 6.04 Å². The van der Waals surface area contributed by atoms with Crippen molar-refractivity contribution in [3.05, 3.63) is 5.82 Å². The van der Waals surface area contributed by atoms with Crippen LogP contribution in [-0.4, -0.2) is 16.0 Å². The highest BCUT2D eigenvalue weighted by molar-refractivity contribution is 5.57. The third-order valence-corrected chi connectivity index (χ3v) is 1.77. The molecule has 1 aliphatic rings. The van der Waals surface area contributed by atoms with Gasteiger partial charge in [-0.3, -0.25) is 0 Å². The highest BCUT2D eigenvalue weighted by Crippen LogP contribution is 2.26. The molecule has 11 heavy (non-hydrogen) atoms. The summed E-state index contributed by atoms with van der Waals surface area (Å²) in [6.07, 6.45) is 2.48. The Morgan fingerprint density at radius 1 is 1.64 bits per heavy atom. The van der Waals surface area contributed by atoms with Crippen molar-refractivity contribution in [3.63, 3.8) is 0 Å². The van der Waals surface area contributed by atoms with Crippen LogP contribution in [0.25, 0.3) is 0 Å². The molecule has 1 aliphatic carbocycles. The van der Waals surface area contributed by atoms with E-state index in [0.717, 1.165) is 11.6 Å². The highest BCUT2D eigenvalue weighted by atomic mass is 15.1. The predicted octanol–water partition coefficient (Wildman–Crippen LogP) is 0.875. The number of nitrogens with zero attached hydrogens (tertiary/aromatic N) is 1. The Bertz CT molecular complexity index is 261. The molecule has 0 bridgehead atoms. The summed E-state index contributed by atoms with van der Waals surface area (Å²) in [5.74, 6) is 2.32. The zero-order valence-corrected chi connectivity index (χ0v) is 6.52. The summed E-state index contributed by atoms with van der Waals surface area (Å²) in [6, 6.07) is 0.611. The fourth-order valence-corrected chi connectivity index (χ4v) is 1.04.